The largest absolute Gasteiger partial charge is 0.380 e. The van der Waals surface area contributed by atoms with Gasteiger partial charge in [0.1, 0.15) is 0 Å². The Morgan fingerprint density at radius 1 is 1.20 bits per heavy atom. The number of aliphatic imine (C=N–C) groups is 1. The summed E-state index contributed by atoms with van der Waals surface area (Å²) in [7, 11) is 1.80. The zero-order chi connectivity index (χ0) is 18.1. The van der Waals surface area contributed by atoms with E-state index in [0.717, 1.165) is 41.9 Å². The molecule has 1 atom stereocenters. The van der Waals surface area contributed by atoms with Gasteiger partial charge in [-0.15, -0.1) is 11.3 Å². The third-order valence-electron chi connectivity index (χ3n) is 3.98. The summed E-state index contributed by atoms with van der Waals surface area (Å²) in [6.07, 6.45) is 0.904. The Kier molecular flexibility index (Phi) is 7.73. The van der Waals surface area contributed by atoms with E-state index in [9.17, 15) is 0 Å². The van der Waals surface area contributed by atoms with Gasteiger partial charge in [-0.3, -0.25) is 4.99 Å². The minimum atomic E-state index is 0.321. The number of para-hydroxylation sites is 1. The van der Waals surface area contributed by atoms with Crippen molar-refractivity contribution in [2.75, 3.05) is 25.5 Å². The van der Waals surface area contributed by atoms with Gasteiger partial charge >= 0.3 is 0 Å². The van der Waals surface area contributed by atoms with Crippen molar-refractivity contribution in [1.29, 1.82) is 0 Å². The number of aromatic nitrogens is 1. The zero-order valence-electron chi connectivity index (χ0n) is 15.5. The van der Waals surface area contributed by atoms with Gasteiger partial charge in [-0.05, 0) is 25.0 Å². The fourth-order valence-corrected chi connectivity index (χ4v) is 3.11. The number of rotatable bonds is 8. The van der Waals surface area contributed by atoms with Gasteiger partial charge in [-0.1, -0.05) is 32.0 Å². The van der Waals surface area contributed by atoms with E-state index in [1.54, 1.807) is 18.4 Å². The minimum absolute atomic E-state index is 0.321. The first-order valence-corrected chi connectivity index (χ1v) is 9.63. The van der Waals surface area contributed by atoms with Crippen molar-refractivity contribution in [3.8, 4) is 0 Å². The highest BCUT2D eigenvalue weighted by atomic mass is 32.1. The first kappa shape index (κ1) is 19.2. The summed E-state index contributed by atoms with van der Waals surface area (Å²) in [4.78, 5) is 8.80. The van der Waals surface area contributed by atoms with Gasteiger partial charge in [-0.2, -0.15) is 0 Å². The van der Waals surface area contributed by atoms with Crippen LogP contribution in [0.3, 0.4) is 0 Å². The lowest BCUT2D eigenvalue weighted by atomic mass is 10.0. The molecule has 1 unspecified atom stereocenters. The predicted molar refractivity (Wildman–Crippen MR) is 109 cm³/mol. The SMILES string of the molecule is CN=C(NCCc1csc(C)n1)NCC(Nc1ccccc1)C(C)C. The maximum atomic E-state index is 4.49. The normalized spacial score (nSPS) is 12.9. The summed E-state index contributed by atoms with van der Waals surface area (Å²) < 4.78 is 0. The maximum absolute atomic E-state index is 4.49. The number of nitrogens with zero attached hydrogens (tertiary/aromatic N) is 2. The molecule has 0 saturated carbocycles. The van der Waals surface area contributed by atoms with E-state index in [0.29, 0.717) is 12.0 Å². The first-order valence-electron chi connectivity index (χ1n) is 8.75. The van der Waals surface area contributed by atoms with Crippen molar-refractivity contribution in [1.82, 2.24) is 15.6 Å². The molecule has 2 aromatic rings. The van der Waals surface area contributed by atoms with Gasteiger partial charge in [0.05, 0.1) is 10.7 Å². The summed E-state index contributed by atoms with van der Waals surface area (Å²) in [6, 6.07) is 10.6. The predicted octanol–water partition coefficient (Wildman–Crippen LogP) is 3.30. The molecule has 0 amide bonds. The average molecular weight is 360 g/mol. The van der Waals surface area contributed by atoms with E-state index < -0.39 is 0 Å². The van der Waals surface area contributed by atoms with E-state index in [1.165, 1.54) is 0 Å². The Hall–Kier alpha value is -2.08. The molecule has 6 heteroatoms. The lowest BCUT2D eigenvalue weighted by Gasteiger charge is -2.25. The molecule has 3 N–H and O–H groups in total. The number of guanidine groups is 1. The number of thiazole rings is 1. The van der Waals surface area contributed by atoms with Crippen LogP contribution in [0.1, 0.15) is 24.5 Å². The Labute approximate surface area is 155 Å². The molecule has 0 fully saturated rings. The lowest BCUT2D eigenvalue weighted by Crippen LogP contribution is -2.45. The third kappa shape index (κ3) is 6.74. The molecule has 5 nitrogen and oxygen atoms in total. The molecule has 1 aromatic heterocycles. The van der Waals surface area contributed by atoms with E-state index >= 15 is 0 Å². The highest BCUT2D eigenvalue weighted by Gasteiger charge is 2.13. The second-order valence-electron chi connectivity index (χ2n) is 6.35. The van der Waals surface area contributed by atoms with Gasteiger partial charge in [0.15, 0.2) is 5.96 Å². The van der Waals surface area contributed by atoms with E-state index in [4.69, 9.17) is 0 Å². The van der Waals surface area contributed by atoms with Gasteiger partial charge in [0.2, 0.25) is 0 Å². The number of aryl methyl sites for hydroxylation is 1. The van der Waals surface area contributed by atoms with Crippen molar-refractivity contribution in [2.24, 2.45) is 10.9 Å². The summed E-state index contributed by atoms with van der Waals surface area (Å²) in [5.41, 5.74) is 2.28. The minimum Gasteiger partial charge on any atom is -0.380 e. The molecule has 136 valence electrons. The molecular weight excluding hydrogens is 330 g/mol. The van der Waals surface area contributed by atoms with Crippen LogP contribution in [0.2, 0.25) is 0 Å². The molecular formula is C19H29N5S. The average Bonchev–Trinajstić information content (AvgIpc) is 3.02. The number of nitrogens with one attached hydrogen (secondary N) is 3. The van der Waals surface area contributed by atoms with Crippen molar-refractivity contribution >= 4 is 23.0 Å². The number of benzene rings is 1. The lowest BCUT2D eigenvalue weighted by molar-refractivity contribution is 0.512. The van der Waals surface area contributed by atoms with E-state index in [1.807, 2.05) is 25.1 Å². The highest BCUT2D eigenvalue weighted by Crippen LogP contribution is 2.11. The Morgan fingerprint density at radius 2 is 1.96 bits per heavy atom. The van der Waals surface area contributed by atoms with Crippen molar-refractivity contribution in [3.63, 3.8) is 0 Å². The summed E-state index contributed by atoms with van der Waals surface area (Å²) in [6.45, 7) is 8.11. The molecule has 2 rings (SSSR count). The van der Waals surface area contributed by atoms with E-state index in [-0.39, 0.29) is 0 Å². The number of hydrogen-bond acceptors (Lipinski definition) is 4. The summed E-state index contributed by atoms with van der Waals surface area (Å²) >= 11 is 1.69. The Balaban J connectivity index is 1.78. The van der Waals surface area contributed by atoms with Crippen molar-refractivity contribution in [2.45, 2.75) is 33.2 Å². The molecule has 1 aromatic carbocycles. The topological polar surface area (TPSA) is 61.3 Å². The van der Waals surface area contributed by atoms with Crippen LogP contribution in [0, 0.1) is 12.8 Å². The second-order valence-corrected chi connectivity index (χ2v) is 7.41. The number of hydrogen-bond donors (Lipinski definition) is 3. The van der Waals surface area contributed by atoms with Gasteiger partial charge in [0, 0.05) is 43.7 Å². The third-order valence-corrected chi connectivity index (χ3v) is 4.81. The first-order chi connectivity index (χ1) is 12.1. The molecule has 0 aliphatic heterocycles. The fraction of sp³-hybridized carbons (Fsp3) is 0.474. The molecule has 0 aliphatic rings. The van der Waals surface area contributed by atoms with Crippen molar-refractivity contribution < 1.29 is 0 Å². The standard InChI is InChI=1S/C19H29N5S/c1-14(2)18(24-16-8-6-5-7-9-16)12-22-19(20-4)21-11-10-17-13-25-15(3)23-17/h5-9,13-14,18,24H,10-12H2,1-4H3,(H2,20,21,22). The highest BCUT2D eigenvalue weighted by molar-refractivity contribution is 7.09. The van der Waals surface area contributed by atoms with Crippen LogP contribution in [0.15, 0.2) is 40.7 Å². The summed E-state index contributed by atoms with van der Waals surface area (Å²) in [5, 5.41) is 13.6. The molecule has 0 radical (unpaired) electrons. The summed E-state index contributed by atoms with van der Waals surface area (Å²) in [5.74, 6) is 1.33. The van der Waals surface area contributed by atoms with Crippen molar-refractivity contribution in [3.05, 3.63) is 46.4 Å². The molecule has 1 heterocycles. The zero-order valence-corrected chi connectivity index (χ0v) is 16.4. The van der Waals surface area contributed by atoms with E-state index in [2.05, 4.69) is 57.3 Å². The van der Waals surface area contributed by atoms with Crippen LogP contribution >= 0.6 is 11.3 Å². The Bertz CT molecular complexity index is 651. The van der Waals surface area contributed by atoms with Gasteiger partial charge < -0.3 is 16.0 Å². The van der Waals surface area contributed by atoms with Crippen LogP contribution in [0.25, 0.3) is 0 Å². The molecule has 0 spiro atoms. The quantitative estimate of drug-likeness (QED) is 0.500. The van der Waals surface area contributed by atoms with Gasteiger partial charge in [0.25, 0.3) is 0 Å². The molecule has 0 saturated heterocycles. The number of anilines is 1. The maximum Gasteiger partial charge on any atom is 0.191 e. The van der Waals surface area contributed by atoms with Crippen LogP contribution < -0.4 is 16.0 Å². The second kappa shape index (κ2) is 10.0. The van der Waals surface area contributed by atoms with Crippen LogP contribution in [0.4, 0.5) is 5.69 Å². The molecule has 0 bridgehead atoms. The fourth-order valence-electron chi connectivity index (χ4n) is 2.46. The van der Waals surface area contributed by atoms with Crippen LogP contribution in [-0.4, -0.2) is 37.1 Å². The molecule has 0 aliphatic carbocycles. The smallest absolute Gasteiger partial charge is 0.191 e. The van der Waals surface area contributed by atoms with Crippen LogP contribution in [-0.2, 0) is 6.42 Å². The Morgan fingerprint density at radius 3 is 2.56 bits per heavy atom. The van der Waals surface area contributed by atoms with Crippen LogP contribution in [0.5, 0.6) is 0 Å². The van der Waals surface area contributed by atoms with Gasteiger partial charge in [-0.25, -0.2) is 4.98 Å². The molecule has 25 heavy (non-hydrogen) atoms. The monoisotopic (exact) mass is 359 g/mol.